The van der Waals surface area contributed by atoms with Crippen molar-refractivity contribution in [2.45, 2.75) is 19.9 Å². The third kappa shape index (κ3) is 1.56. The Hall–Kier alpha value is -1.58. The first-order valence-corrected chi connectivity index (χ1v) is 5.11. The SMILES string of the molecule is COc1cc(N)c2c(c1)N(C(C)C)CN2. The Labute approximate surface area is 90.0 Å². The number of hydrogen-bond acceptors (Lipinski definition) is 4. The Balaban J connectivity index is 2.47. The number of nitrogens with two attached hydrogens (primary N) is 1. The van der Waals surface area contributed by atoms with E-state index in [0.717, 1.165) is 29.5 Å². The smallest absolute Gasteiger partial charge is 0.123 e. The number of nitrogens with zero attached hydrogens (tertiary/aromatic N) is 1. The van der Waals surface area contributed by atoms with Crippen LogP contribution in [0.2, 0.25) is 0 Å². The van der Waals surface area contributed by atoms with E-state index in [4.69, 9.17) is 10.5 Å². The van der Waals surface area contributed by atoms with Crippen molar-refractivity contribution in [1.29, 1.82) is 0 Å². The van der Waals surface area contributed by atoms with Crippen LogP contribution in [0.5, 0.6) is 5.75 Å². The molecule has 0 radical (unpaired) electrons. The molecular formula is C11H17N3O. The number of methoxy groups -OCH3 is 1. The molecule has 0 bridgehead atoms. The van der Waals surface area contributed by atoms with Gasteiger partial charge in [0, 0.05) is 18.2 Å². The molecule has 0 fully saturated rings. The van der Waals surface area contributed by atoms with E-state index in [1.165, 1.54) is 0 Å². The lowest BCUT2D eigenvalue weighted by atomic mass is 10.2. The van der Waals surface area contributed by atoms with Gasteiger partial charge in [-0.3, -0.25) is 0 Å². The first-order valence-electron chi connectivity index (χ1n) is 5.11. The van der Waals surface area contributed by atoms with Crippen LogP contribution in [0.4, 0.5) is 17.1 Å². The number of nitrogen functional groups attached to an aromatic ring is 1. The minimum atomic E-state index is 0.449. The molecule has 0 saturated heterocycles. The Bertz CT molecular complexity index is 376. The molecule has 4 heteroatoms. The van der Waals surface area contributed by atoms with Crippen LogP contribution >= 0.6 is 0 Å². The van der Waals surface area contributed by atoms with E-state index in [0.29, 0.717) is 6.04 Å². The lowest BCUT2D eigenvalue weighted by Crippen LogP contribution is -2.30. The zero-order chi connectivity index (χ0) is 11.0. The van der Waals surface area contributed by atoms with Gasteiger partial charge in [0.25, 0.3) is 0 Å². The van der Waals surface area contributed by atoms with Crippen molar-refractivity contribution < 1.29 is 4.74 Å². The highest BCUT2D eigenvalue weighted by Crippen LogP contribution is 2.40. The van der Waals surface area contributed by atoms with Crippen LogP contribution in [0.15, 0.2) is 12.1 Å². The summed E-state index contributed by atoms with van der Waals surface area (Å²) in [7, 11) is 1.66. The Morgan fingerprint density at radius 2 is 2.20 bits per heavy atom. The van der Waals surface area contributed by atoms with Crippen molar-refractivity contribution in [1.82, 2.24) is 0 Å². The second-order valence-electron chi connectivity index (χ2n) is 4.01. The average molecular weight is 207 g/mol. The molecule has 1 heterocycles. The molecule has 0 aliphatic carbocycles. The Morgan fingerprint density at radius 3 is 2.80 bits per heavy atom. The summed E-state index contributed by atoms with van der Waals surface area (Å²) in [6, 6.07) is 4.31. The fraction of sp³-hybridized carbons (Fsp3) is 0.455. The number of anilines is 3. The third-order valence-electron chi connectivity index (χ3n) is 2.72. The highest BCUT2D eigenvalue weighted by molar-refractivity contribution is 5.87. The van der Waals surface area contributed by atoms with E-state index >= 15 is 0 Å². The molecule has 0 aromatic heterocycles. The van der Waals surface area contributed by atoms with Gasteiger partial charge in [-0.1, -0.05) is 0 Å². The van der Waals surface area contributed by atoms with Crippen LogP contribution in [0, 0.1) is 0 Å². The molecule has 1 aromatic rings. The van der Waals surface area contributed by atoms with Crippen molar-refractivity contribution in [2.75, 3.05) is 29.7 Å². The molecule has 2 rings (SSSR count). The predicted octanol–water partition coefficient (Wildman–Crippen LogP) is 1.88. The Kier molecular flexibility index (Phi) is 2.34. The summed E-state index contributed by atoms with van der Waals surface area (Å²) in [6.07, 6.45) is 0. The molecule has 0 atom stereocenters. The van der Waals surface area contributed by atoms with Gasteiger partial charge in [-0.05, 0) is 13.8 Å². The maximum atomic E-state index is 5.94. The summed E-state index contributed by atoms with van der Waals surface area (Å²) >= 11 is 0. The van der Waals surface area contributed by atoms with Crippen LogP contribution < -0.4 is 20.7 Å². The highest BCUT2D eigenvalue weighted by Gasteiger charge is 2.23. The fourth-order valence-corrected chi connectivity index (χ4v) is 1.87. The van der Waals surface area contributed by atoms with Crippen LogP contribution in [0.25, 0.3) is 0 Å². The summed E-state index contributed by atoms with van der Waals surface area (Å²) in [5.74, 6) is 0.806. The maximum Gasteiger partial charge on any atom is 0.123 e. The second-order valence-corrected chi connectivity index (χ2v) is 4.01. The van der Waals surface area contributed by atoms with E-state index in [1.54, 1.807) is 7.11 Å². The predicted molar refractivity (Wildman–Crippen MR) is 63.5 cm³/mol. The summed E-state index contributed by atoms with van der Waals surface area (Å²) < 4.78 is 5.21. The Morgan fingerprint density at radius 1 is 1.47 bits per heavy atom. The molecule has 0 spiro atoms. The molecule has 0 saturated carbocycles. The van der Waals surface area contributed by atoms with Crippen molar-refractivity contribution in [3.8, 4) is 5.75 Å². The van der Waals surface area contributed by atoms with Crippen LogP contribution in [0.1, 0.15) is 13.8 Å². The number of benzene rings is 1. The zero-order valence-corrected chi connectivity index (χ0v) is 9.37. The van der Waals surface area contributed by atoms with Crippen LogP contribution in [-0.4, -0.2) is 19.8 Å². The topological polar surface area (TPSA) is 50.5 Å². The number of fused-ring (bicyclic) bond motifs is 1. The average Bonchev–Trinajstić information content (AvgIpc) is 2.61. The highest BCUT2D eigenvalue weighted by atomic mass is 16.5. The van der Waals surface area contributed by atoms with Crippen molar-refractivity contribution in [3.05, 3.63) is 12.1 Å². The summed E-state index contributed by atoms with van der Waals surface area (Å²) in [5.41, 5.74) is 8.83. The molecule has 82 valence electrons. The lowest BCUT2D eigenvalue weighted by Gasteiger charge is -2.22. The van der Waals surface area contributed by atoms with E-state index in [2.05, 4.69) is 24.1 Å². The molecule has 0 unspecified atom stereocenters. The summed E-state index contributed by atoms with van der Waals surface area (Å²) in [4.78, 5) is 2.26. The molecule has 15 heavy (non-hydrogen) atoms. The van der Waals surface area contributed by atoms with Crippen LogP contribution in [0.3, 0.4) is 0 Å². The number of rotatable bonds is 2. The number of nitrogens with one attached hydrogen (secondary N) is 1. The van der Waals surface area contributed by atoms with Crippen molar-refractivity contribution in [3.63, 3.8) is 0 Å². The van der Waals surface area contributed by atoms with E-state index in [-0.39, 0.29) is 0 Å². The molecule has 1 aliphatic rings. The van der Waals surface area contributed by atoms with Gasteiger partial charge in [-0.25, -0.2) is 0 Å². The molecule has 3 N–H and O–H groups in total. The van der Waals surface area contributed by atoms with Gasteiger partial charge in [0.1, 0.15) is 5.75 Å². The quantitative estimate of drug-likeness (QED) is 0.727. The largest absolute Gasteiger partial charge is 0.497 e. The van der Waals surface area contributed by atoms with E-state index in [1.807, 2.05) is 12.1 Å². The van der Waals surface area contributed by atoms with Crippen molar-refractivity contribution >= 4 is 17.1 Å². The van der Waals surface area contributed by atoms with Gasteiger partial charge >= 0.3 is 0 Å². The second kappa shape index (κ2) is 3.53. The van der Waals surface area contributed by atoms with Gasteiger partial charge in [-0.2, -0.15) is 0 Å². The van der Waals surface area contributed by atoms with Gasteiger partial charge in [0.2, 0.25) is 0 Å². The first-order chi connectivity index (χ1) is 7.13. The molecule has 4 nitrogen and oxygen atoms in total. The van der Waals surface area contributed by atoms with Gasteiger partial charge in [0.15, 0.2) is 0 Å². The minimum Gasteiger partial charge on any atom is -0.497 e. The molecular weight excluding hydrogens is 190 g/mol. The van der Waals surface area contributed by atoms with E-state index in [9.17, 15) is 0 Å². The molecule has 1 aromatic carbocycles. The van der Waals surface area contributed by atoms with Gasteiger partial charge in [0.05, 0.1) is 30.8 Å². The summed E-state index contributed by atoms with van der Waals surface area (Å²) in [6.45, 7) is 5.13. The standard InChI is InChI=1S/C11H17N3O/c1-7(2)14-6-13-11-9(12)4-8(15-3)5-10(11)14/h4-5,7,13H,6,12H2,1-3H3. The monoisotopic (exact) mass is 207 g/mol. The molecule has 1 aliphatic heterocycles. The summed E-state index contributed by atoms with van der Waals surface area (Å²) in [5, 5.41) is 3.30. The van der Waals surface area contributed by atoms with E-state index < -0.39 is 0 Å². The first kappa shape index (κ1) is 9.96. The molecule has 0 amide bonds. The van der Waals surface area contributed by atoms with Crippen molar-refractivity contribution in [2.24, 2.45) is 0 Å². The minimum absolute atomic E-state index is 0.449. The zero-order valence-electron chi connectivity index (χ0n) is 9.37. The third-order valence-corrected chi connectivity index (χ3v) is 2.72. The lowest BCUT2D eigenvalue weighted by molar-refractivity contribution is 0.415. The number of ether oxygens (including phenoxy) is 1. The van der Waals surface area contributed by atoms with Gasteiger partial charge < -0.3 is 20.7 Å². The maximum absolute atomic E-state index is 5.94. The number of hydrogen-bond donors (Lipinski definition) is 2. The van der Waals surface area contributed by atoms with Crippen LogP contribution in [-0.2, 0) is 0 Å². The fourth-order valence-electron chi connectivity index (χ4n) is 1.87. The van der Waals surface area contributed by atoms with Gasteiger partial charge in [-0.15, -0.1) is 0 Å². The normalized spacial score (nSPS) is 14.0.